The predicted molar refractivity (Wildman–Crippen MR) is 225 cm³/mol. The molecule has 3 rings (SSSR count). The number of unbranched alkanes of at least 4 members (excludes halogenated alkanes) is 3. The highest BCUT2D eigenvalue weighted by Gasteiger charge is 2.90. The van der Waals surface area contributed by atoms with Crippen molar-refractivity contribution < 1.29 is 52.7 Å². The smallest absolute Gasteiger partial charge is 0.309 e. The molecule has 2 unspecified atom stereocenters. The highest BCUT2D eigenvalue weighted by Crippen LogP contribution is 2.64. The standard InChI is InChI=1S/C49H65F12N/c1-13-41(7,8)39-28-27-36(30-33(39)22-18-16-17-19-29-62(11)12)43(10,15-3)42(9,14-2)35-24-21-26-38(32-35)45(52,53)47(56,57)49(60,61)48(58,59)46(54,55)44(50,51)37-25-20-23-34(31-37)40(4,5)6/h20-21,23-28,30-32H,13-19,22,29H2,1-12H3. The molecule has 0 aliphatic rings. The van der Waals surface area contributed by atoms with E-state index in [1.165, 1.54) is 32.9 Å². The predicted octanol–water partition coefficient (Wildman–Crippen LogP) is 15.8. The summed E-state index contributed by atoms with van der Waals surface area (Å²) in [6.45, 7) is 18.8. The molecule has 0 saturated heterocycles. The molecule has 1 nitrogen and oxygen atoms in total. The van der Waals surface area contributed by atoms with Crippen molar-refractivity contribution in [2.24, 2.45) is 0 Å². The first-order valence-corrected chi connectivity index (χ1v) is 21.4. The van der Waals surface area contributed by atoms with Crippen LogP contribution in [0.15, 0.2) is 66.7 Å². The maximum atomic E-state index is 16.0. The summed E-state index contributed by atoms with van der Waals surface area (Å²) < 4.78 is 186. The Hall–Kier alpha value is -3.22. The Morgan fingerprint density at radius 1 is 0.435 bits per heavy atom. The summed E-state index contributed by atoms with van der Waals surface area (Å²) in [5.41, 5.74) is -4.23. The van der Waals surface area contributed by atoms with Crippen LogP contribution in [-0.4, -0.2) is 49.2 Å². The van der Waals surface area contributed by atoms with Crippen LogP contribution in [0.5, 0.6) is 0 Å². The van der Waals surface area contributed by atoms with E-state index in [1.54, 1.807) is 13.8 Å². The van der Waals surface area contributed by atoms with Crippen LogP contribution in [0.1, 0.15) is 153 Å². The molecule has 0 heterocycles. The molecule has 350 valence electrons. The largest absolute Gasteiger partial charge is 0.385 e. The number of benzene rings is 3. The van der Waals surface area contributed by atoms with Crippen LogP contribution in [0.2, 0.25) is 0 Å². The van der Waals surface area contributed by atoms with E-state index in [9.17, 15) is 0 Å². The van der Waals surface area contributed by atoms with Gasteiger partial charge in [0.15, 0.2) is 0 Å². The van der Waals surface area contributed by atoms with Gasteiger partial charge in [-0.1, -0.05) is 137 Å². The molecular weight excluding hydrogens is 831 g/mol. The van der Waals surface area contributed by atoms with Gasteiger partial charge in [0.25, 0.3) is 0 Å². The molecule has 0 spiro atoms. The quantitative estimate of drug-likeness (QED) is 0.0761. The second-order valence-electron chi connectivity index (χ2n) is 19.3. The van der Waals surface area contributed by atoms with E-state index in [0.717, 1.165) is 73.9 Å². The molecule has 0 N–H and O–H groups in total. The third kappa shape index (κ3) is 9.31. The molecule has 0 radical (unpaired) electrons. The van der Waals surface area contributed by atoms with Crippen LogP contribution in [0.4, 0.5) is 52.7 Å². The minimum atomic E-state index is -7.71. The summed E-state index contributed by atoms with van der Waals surface area (Å²) in [4.78, 5) is 2.12. The normalized spacial score (nSPS) is 16.1. The Kier molecular flexibility index (Phi) is 15.7. The molecule has 0 saturated carbocycles. The first-order chi connectivity index (χ1) is 28.1. The number of alkyl halides is 12. The van der Waals surface area contributed by atoms with E-state index in [4.69, 9.17) is 0 Å². The zero-order valence-corrected chi connectivity index (χ0v) is 38.2. The summed E-state index contributed by atoms with van der Waals surface area (Å²) in [6.07, 6.45) is 6.13. The van der Waals surface area contributed by atoms with E-state index in [-0.39, 0.29) is 29.0 Å². The summed E-state index contributed by atoms with van der Waals surface area (Å²) in [7, 11) is 4.03. The minimum absolute atomic E-state index is 0.0385. The molecule has 2 atom stereocenters. The highest BCUT2D eigenvalue weighted by atomic mass is 19.4. The van der Waals surface area contributed by atoms with Crippen molar-refractivity contribution >= 4 is 0 Å². The van der Waals surface area contributed by atoms with Crippen molar-refractivity contribution in [2.75, 3.05) is 20.6 Å². The van der Waals surface area contributed by atoms with Crippen LogP contribution < -0.4 is 0 Å². The third-order valence-corrected chi connectivity index (χ3v) is 13.7. The fourth-order valence-corrected chi connectivity index (χ4v) is 8.31. The summed E-state index contributed by atoms with van der Waals surface area (Å²) in [6, 6.07) is 11.6. The minimum Gasteiger partial charge on any atom is -0.309 e. The fourth-order valence-electron chi connectivity index (χ4n) is 8.31. The second-order valence-corrected chi connectivity index (χ2v) is 19.3. The number of hydrogen-bond donors (Lipinski definition) is 0. The van der Waals surface area contributed by atoms with E-state index < -0.39 is 62.9 Å². The number of rotatable bonds is 21. The van der Waals surface area contributed by atoms with Gasteiger partial charge in [0.1, 0.15) is 0 Å². The van der Waals surface area contributed by atoms with Gasteiger partial charge in [0.05, 0.1) is 0 Å². The van der Waals surface area contributed by atoms with Gasteiger partial charge in [-0.2, -0.15) is 52.7 Å². The lowest BCUT2D eigenvalue weighted by Gasteiger charge is -2.48. The molecule has 0 bridgehead atoms. The zero-order chi connectivity index (χ0) is 47.8. The lowest BCUT2D eigenvalue weighted by molar-refractivity contribution is -0.429. The van der Waals surface area contributed by atoms with Crippen molar-refractivity contribution in [1.29, 1.82) is 0 Å². The first kappa shape index (κ1) is 53.1. The van der Waals surface area contributed by atoms with E-state index in [2.05, 4.69) is 31.7 Å². The van der Waals surface area contributed by atoms with Gasteiger partial charge in [-0.3, -0.25) is 0 Å². The Labute approximate surface area is 361 Å². The molecule has 0 aliphatic carbocycles. The van der Waals surface area contributed by atoms with Crippen molar-refractivity contribution in [3.63, 3.8) is 0 Å². The van der Waals surface area contributed by atoms with Crippen LogP contribution >= 0.6 is 0 Å². The molecule has 3 aromatic carbocycles. The van der Waals surface area contributed by atoms with Crippen molar-refractivity contribution in [3.8, 4) is 0 Å². The third-order valence-electron chi connectivity index (χ3n) is 13.7. The molecule has 0 fully saturated rings. The lowest BCUT2D eigenvalue weighted by atomic mass is 9.56. The van der Waals surface area contributed by atoms with Gasteiger partial charge in [-0.15, -0.1) is 0 Å². The van der Waals surface area contributed by atoms with Crippen molar-refractivity contribution in [2.45, 2.75) is 178 Å². The van der Waals surface area contributed by atoms with Crippen LogP contribution in [-0.2, 0) is 39.9 Å². The molecule has 3 aromatic rings. The Morgan fingerprint density at radius 3 is 1.26 bits per heavy atom. The van der Waals surface area contributed by atoms with Crippen LogP contribution in [0.3, 0.4) is 0 Å². The average molecular weight is 896 g/mol. The Bertz CT molecular complexity index is 1960. The summed E-state index contributed by atoms with van der Waals surface area (Å²) in [5, 5.41) is 0. The molecule has 62 heavy (non-hydrogen) atoms. The first-order valence-electron chi connectivity index (χ1n) is 21.4. The van der Waals surface area contributed by atoms with Gasteiger partial charge in [-0.05, 0) is 110 Å². The maximum Gasteiger partial charge on any atom is 0.385 e. The molecular formula is C49H65F12N. The zero-order valence-electron chi connectivity index (χ0n) is 38.2. The lowest BCUT2D eigenvalue weighted by Crippen LogP contribution is -2.69. The summed E-state index contributed by atoms with van der Waals surface area (Å²) >= 11 is 0. The molecule has 0 aromatic heterocycles. The Balaban J connectivity index is 2.13. The topological polar surface area (TPSA) is 3.24 Å². The Morgan fingerprint density at radius 2 is 0.839 bits per heavy atom. The number of nitrogens with zero attached hydrogens (tertiary/aromatic N) is 1. The fraction of sp³-hybridized carbons (Fsp3) is 0.633. The van der Waals surface area contributed by atoms with E-state index in [1.807, 2.05) is 40.1 Å². The molecule has 0 aliphatic heterocycles. The van der Waals surface area contributed by atoms with Gasteiger partial charge in [0.2, 0.25) is 0 Å². The van der Waals surface area contributed by atoms with E-state index in [0.29, 0.717) is 24.6 Å². The number of halogens is 12. The number of hydrogen-bond acceptors (Lipinski definition) is 1. The second kappa shape index (κ2) is 18.3. The van der Waals surface area contributed by atoms with E-state index >= 15 is 52.7 Å². The van der Waals surface area contributed by atoms with Gasteiger partial charge in [-0.25, -0.2) is 0 Å². The molecule has 13 heteroatoms. The van der Waals surface area contributed by atoms with Crippen molar-refractivity contribution in [3.05, 3.63) is 106 Å². The van der Waals surface area contributed by atoms with Gasteiger partial charge in [0, 0.05) is 22.0 Å². The van der Waals surface area contributed by atoms with Crippen LogP contribution in [0, 0.1) is 0 Å². The number of aryl methyl sites for hydroxylation is 1. The van der Waals surface area contributed by atoms with Gasteiger partial charge >= 0.3 is 35.5 Å². The summed E-state index contributed by atoms with van der Waals surface area (Å²) in [5.74, 6) is -42.5. The molecule has 0 amide bonds. The van der Waals surface area contributed by atoms with Gasteiger partial charge < -0.3 is 4.90 Å². The van der Waals surface area contributed by atoms with Crippen molar-refractivity contribution in [1.82, 2.24) is 4.90 Å². The SMILES string of the molecule is CCC(C)(C)c1ccc(C(C)(CC)C(C)(CC)c2cccc(C(F)(F)C(F)(F)C(F)(F)C(F)(F)C(F)(F)C(F)(F)c3cccc(C(C)(C)C)c3)c2)cc1CCCCCCN(C)C. The average Bonchev–Trinajstić information content (AvgIpc) is 3.20. The maximum absolute atomic E-state index is 16.0. The van der Waals surface area contributed by atoms with Crippen LogP contribution in [0.25, 0.3) is 0 Å². The highest BCUT2D eigenvalue weighted by molar-refractivity contribution is 5.45. The monoisotopic (exact) mass is 895 g/mol.